The van der Waals surface area contributed by atoms with Crippen LogP contribution in [0.4, 0.5) is 0 Å². The Hall–Kier alpha value is -0.960. The zero-order chi connectivity index (χ0) is 13.8. The van der Waals surface area contributed by atoms with Crippen LogP contribution in [-0.4, -0.2) is 54.8 Å². The Morgan fingerprint density at radius 2 is 2.22 bits per heavy atom. The Morgan fingerprint density at radius 1 is 1.56 bits per heavy atom. The van der Waals surface area contributed by atoms with E-state index in [1.54, 1.807) is 0 Å². The van der Waals surface area contributed by atoms with Crippen molar-refractivity contribution in [3.8, 4) is 0 Å². The highest BCUT2D eigenvalue weighted by molar-refractivity contribution is 7.89. The van der Waals surface area contributed by atoms with Crippen LogP contribution in [-0.2, 0) is 16.6 Å². The molecule has 8 heteroatoms. The second-order valence-electron chi connectivity index (χ2n) is 4.35. The van der Waals surface area contributed by atoms with Crippen molar-refractivity contribution in [2.45, 2.75) is 31.5 Å². The van der Waals surface area contributed by atoms with Crippen molar-refractivity contribution in [1.29, 1.82) is 0 Å². The second kappa shape index (κ2) is 6.28. The van der Waals surface area contributed by atoms with Crippen LogP contribution >= 0.6 is 0 Å². The molecule has 0 bridgehead atoms. The van der Waals surface area contributed by atoms with Crippen LogP contribution in [0.3, 0.4) is 0 Å². The first kappa shape index (κ1) is 15.1. The van der Waals surface area contributed by atoms with Crippen LogP contribution in [0.15, 0.2) is 11.2 Å². The van der Waals surface area contributed by atoms with E-state index in [1.807, 2.05) is 25.8 Å². The Labute approximate surface area is 107 Å². The van der Waals surface area contributed by atoms with E-state index < -0.39 is 10.0 Å². The molecule has 18 heavy (non-hydrogen) atoms. The number of aliphatic hydroxyl groups excluding tert-OH is 1. The number of H-pyrrole nitrogens is 1. The van der Waals surface area contributed by atoms with Gasteiger partial charge in [-0.2, -0.15) is 5.10 Å². The van der Waals surface area contributed by atoms with Gasteiger partial charge >= 0.3 is 0 Å². The largest absolute Gasteiger partial charge is 0.392 e. The number of rotatable bonds is 7. The van der Waals surface area contributed by atoms with Gasteiger partial charge in [-0.25, -0.2) is 13.1 Å². The van der Waals surface area contributed by atoms with Crippen molar-refractivity contribution in [3.63, 3.8) is 0 Å². The third kappa shape index (κ3) is 3.77. The van der Waals surface area contributed by atoms with Gasteiger partial charge in [0.2, 0.25) is 0 Å². The standard InChI is InChI=1S/C10H20N4O3S/c1-8(2)14(3)5-4-12-18(16,17)10-9(7-15)6-11-13-10/h6,8,12,15H,4-5,7H2,1-3H3,(H,11,13). The molecular weight excluding hydrogens is 256 g/mol. The molecule has 1 rings (SSSR count). The molecule has 1 aromatic rings. The Morgan fingerprint density at radius 3 is 2.78 bits per heavy atom. The van der Waals surface area contributed by atoms with Crippen LogP contribution < -0.4 is 4.72 Å². The predicted octanol–water partition coefficient (Wildman–Crippen LogP) is -0.479. The molecule has 0 saturated carbocycles. The van der Waals surface area contributed by atoms with E-state index in [0.717, 1.165) is 0 Å². The lowest BCUT2D eigenvalue weighted by Gasteiger charge is -2.20. The number of aromatic nitrogens is 2. The van der Waals surface area contributed by atoms with Crippen molar-refractivity contribution in [1.82, 2.24) is 19.8 Å². The highest BCUT2D eigenvalue weighted by atomic mass is 32.2. The summed E-state index contributed by atoms with van der Waals surface area (Å²) in [6, 6.07) is 0.356. The molecule has 7 nitrogen and oxygen atoms in total. The van der Waals surface area contributed by atoms with E-state index in [1.165, 1.54) is 6.20 Å². The van der Waals surface area contributed by atoms with E-state index in [0.29, 0.717) is 19.1 Å². The van der Waals surface area contributed by atoms with Crippen molar-refractivity contribution in [3.05, 3.63) is 11.8 Å². The quantitative estimate of drug-likeness (QED) is 0.625. The van der Waals surface area contributed by atoms with Gasteiger partial charge in [0.1, 0.15) is 0 Å². The lowest BCUT2D eigenvalue weighted by molar-refractivity contribution is 0.277. The molecule has 0 amide bonds. The summed E-state index contributed by atoms with van der Waals surface area (Å²) in [5.41, 5.74) is 0.264. The number of nitrogens with zero attached hydrogens (tertiary/aromatic N) is 2. The smallest absolute Gasteiger partial charge is 0.257 e. The zero-order valence-electron chi connectivity index (χ0n) is 10.8. The number of hydrogen-bond donors (Lipinski definition) is 3. The van der Waals surface area contributed by atoms with Crippen molar-refractivity contribution in [2.75, 3.05) is 20.1 Å². The van der Waals surface area contributed by atoms with E-state index in [2.05, 4.69) is 14.9 Å². The molecule has 0 atom stereocenters. The van der Waals surface area contributed by atoms with Crippen molar-refractivity contribution in [2.24, 2.45) is 0 Å². The molecule has 0 fully saturated rings. The zero-order valence-corrected chi connectivity index (χ0v) is 11.7. The number of hydrogen-bond acceptors (Lipinski definition) is 5. The summed E-state index contributed by atoms with van der Waals surface area (Å²) in [4.78, 5) is 2.03. The van der Waals surface area contributed by atoms with Gasteiger partial charge in [-0.3, -0.25) is 5.10 Å². The predicted molar refractivity (Wildman–Crippen MR) is 67.5 cm³/mol. The molecule has 0 aliphatic heterocycles. The van der Waals surface area contributed by atoms with Gasteiger partial charge in [-0.05, 0) is 20.9 Å². The molecule has 0 radical (unpaired) electrons. The van der Waals surface area contributed by atoms with Gasteiger partial charge in [0.05, 0.1) is 12.8 Å². The van der Waals surface area contributed by atoms with Crippen molar-refractivity contribution < 1.29 is 13.5 Å². The molecule has 1 aromatic heterocycles. The fourth-order valence-electron chi connectivity index (χ4n) is 1.33. The molecular formula is C10H20N4O3S. The molecule has 0 saturated heterocycles. The molecule has 3 N–H and O–H groups in total. The summed E-state index contributed by atoms with van der Waals surface area (Å²) >= 11 is 0. The van der Waals surface area contributed by atoms with Crippen LogP contribution in [0.1, 0.15) is 19.4 Å². The van der Waals surface area contributed by atoms with Crippen molar-refractivity contribution >= 4 is 10.0 Å². The minimum absolute atomic E-state index is 0.0720. The number of aromatic amines is 1. The second-order valence-corrected chi connectivity index (χ2v) is 6.06. The summed E-state index contributed by atoms with van der Waals surface area (Å²) in [6.45, 7) is 4.62. The fraction of sp³-hybridized carbons (Fsp3) is 0.700. The first-order valence-corrected chi connectivity index (χ1v) is 7.19. The first-order valence-electron chi connectivity index (χ1n) is 5.71. The summed E-state index contributed by atoms with van der Waals surface area (Å²) in [5.74, 6) is 0. The molecule has 0 unspecified atom stereocenters. The third-order valence-corrected chi connectivity index (χ3v) is 4.23. The minimum atomic E-state index is -3.64. The highest BCUT2D eigenvalue weighted by Gasteiger charge is 2.20. The van der Waals surface area contributed by atoms with Gasteiger partial charge in [-0.15, -0.1) is 0 Å². The fourth-order valence-corrected chi connectivity index (χ4v) is 2.47. The van der Waals surface area contributed by atoms with Crippen LogP contribution in [0.25, 0.3) is 0 Å². The van der Waals surface area contributed by atoms with Gasteiger partial charge in [0.15, 0.2) is 5.03 Å². The maximum atomic E-state index is 11.9. The van der Waals surface area contributed by atoms with Gasteiger partial charge in [-0.1, -0.05) is 0 Å². The summed E-state index contributed by atoms with van der Waals surface area (Å²) in [7, 11) is -1.71. The number of nitrogens with one attached hydrogen (secondary N) is 2. The van der Waals surface area contributed by atoms with Crippen LogP contribution in [0.2, 0.25) is 0 Å². The minimum Gasteiger partial charge on any atom is -0.392 e. The number of sulfonamides is 1. The van der Waals surface area contributed by atoms with Crippen LogP contribution in [0.5, 0.6) is 0 Å². The first-order chi connectivity index (χ1) is 8.38. The number of likely N-dealkylation sites (N-methyl/N-ethyl adjacent to an activating group) is 1. The Balaban J connectivity index is 2.61. The number of aliphatic hydroxyl groups is 1. The normalized spacial score (nSPS) is 12.6. The molecule has 104 valence electrons. The Bertz CT molecular complexity index is 469. The highest BCUT2D eigenvalue weighted by Crippen LogP contribution is 2.10. The molecule has 0 aliphatic rings. The summed E-state index contributed by atoms with van der Waals surface area (Å²) in [6.07, 6.45) is 1.30. The third-order valence-electron chi connectivity index (χ3n) is 2.76. The topological polar surface area (TPSA) is 98.3 Å². The average molecular weight is 276 g/mol. The van der Waals surface area contributed by atoms with E-state index in [4.69, 9.17) is 5.11 Å². The van der Waals surface area contributed by atoms with E-state index in [9.17, 15) is 8.42 Å². The van der Waals surface area contributed by atoms with E-state index in [-0.39, 0.29) is 17.2 Å². The summed E-state index contributed by atoms with van der Waals surface area (Å²) < 4.78 is 26.3. The van der Waals surface area contributed by atoms with Crippen LogP contribution in [0, 0.1) is 0 Å². The lowest BCUT2D eigenvalue weighted by atomic mass is 10.3. The van der Waals surface area contributed by atoms with E-state index >= 15 is 0 Å². The molecule has 0 aliphatic carbocycles. The van der Waals surface area contributed by atoms with Gasteiger partial charge in [0, 0.05) is 24.7 Å². The molecule has 0 spiro atoms. The monoisotopic (exact) mass is 276 g/mol. The Kier molecular flexibility index (Phi) is 5.27. The summed E-state index contributed by atoms with van der Waals surface area (Å²) in [5, 5.41) is 14.9. The maximum Gasteiger partial charge on any atom is 0.257 e. The van der Waals surface area contributed by atoms with Gasteiger partial charge in [0.25, 0.3) is 10.0 Å². The molecule has 1 heterocycles. The lowest BCUT2D eigenvalue weighted by Crippen LogP contribution is -2.36. The molecule has 0 aromatic carbocycles. The van der Waals surface area contributed by atoms with Gasteiger partial charge < -0.3 is 10.0 Å². The SMILES string of the molecule is CC(C)N(C)CCNS(=O)(=O)c1[nH]ncc1CO. The maximum absolute atomic E-state index is 11.9. The average Bonchev–Trinajstić information content (AvgIpc) is 2.77.